The monoisotopic (exact) mass is 447 g/mol. The van der Waals surface area contributed by atoms with Gasteiger partial charge >= 0.3 is 6.18 Å². The van der Waals surface area contributed by atoms with E-state index in [0.29, 0.717) is 25.3 Å². The summed E-state index contributed by atoms with van der Waals surface area (Å²) in [4.78, 5) is 29.0. The first kappa shape index (κ1) is 22.4. The molecule has 1 aromatic heterocycles. The molecular weight excluding hydrogens is 427 g/mol. The van der Waals surface area contributed by atoms with Crippen molar-refractivity contribution in [3.05, 3.63) is 40.4 Å². The average molecular weight is 447 g/mol. The fourth-order valence-corrected chi connectivity index (χ4v) is 4.14. The predicted octanol–water partition coefficient (Wildman–Crippen LogP) is 2.66. The van der Waals surface area contributed by atoms with Crippen molar-refractivity contribution in [1.82, 2.24) is 4.98 Å². The highest BCUT2D eigenvalue weighted by atomic mass is 32.2. The number of aromatic nitrogens is 1. The molecule has 0 aromatic carbocycles. The molecule has 11 heteroatoms. The third kappa shape index (κ3) is 4.72. The van der Waals surface area contributed by atoms with E-state index < -0.39 is 45.5 Å². The van der Waals surface area contributed by atoms with E-state index >= 15 is 0 Å². The molecule has 2 bridgehead atoms. The molecule has 1 heterocycles. The molecule has 0 saturated heterocycles. The van der Waals surface area contributed by atoms with Crippen LogP contribution in [-0.4, -0.2) is 48.7 Å². The summed E-state index contributed by atoms with van der Waals surface area (Å²) in [5, 5.41) is 10.4. The van der Waals surface area contributed by atoms with Crippen molar-refractivity contribution in [3.63, 3.8) is 0 Å². The zero-order valence-electron chi connectivity index (χ0n) is 16.0. The second-order valence-electron chi connectivity index (χ2n) is 7.53. The smallest absolute Gasteiger partial charge is 0.433 e. The van der Waals surface area contributed by atoms with Crippen LogP contribution in [0.2, 0.25) is 0 Å². The summed E-state index contributed by atoms with van der Waals surface area (Å²) in [6.07, 6.45) is -2.24. The maximum absolute atomic E-state index is 13.1. The number of halogens is 3. The van der Waals surface area contributed by atoms with Crippen molar-refractivity contribution in [2.75, 3.05) is 18.6 Å². The third-order valence-corrected chi connectivity index (χ3v) is 6.17. The highest BCUT2D eigenvalue weighted by Crippen LogP contribution is 2.43. The molecule has 0 spiro atoms. The van der Waals surface area contributed by atoms with Gasteiger partial charge in [0.25, 0.3) is 0 Å². The molecule has 7 nitrogen and oxygen atoms in total. The van der Waals surface area contributed by atoms with Crippen molar-refractivity contribution in [1.29, 1.82) is 0 Å². The van der Waals surface area contributed by atoms with Crippen LogP contribution in [-0.2, 0) is 32.2 Å². The minimum Gasteiger partial charge on any atom is -0.511 e. The Morgan fingerprint density at radius 1 is 1.27 bits per heavy atom. The Labute approximate surface area is 170 Å². The Bertz CT molecular complexity index is 1020. The third-order valence-electron chi connectivity index (χ3n) is 5.27. The van der Waals surface area contributed by atoms with Gasteiger partial charge in [-0.3, -0.25) is 9.59 Å². The Morgan fingerprint density at radius 2 is 1.93 bits per heavy atom. The van der Waals surface area contributed by atoms with Crippen molar-refractivity contribution >= 4 is 21.4 Å². The number of rotatable bonds is 7. The van der Waals surface area contributed by atoms with Crippen LogP contribution in [0.15, 0.2) is 23.5 Å². The number of Topliss-reactive ketones (excluding diaryl/α,β-unsaturated/α-hetero) is 2. The number of pyridine rings is 1. The summed E-state index contributed by atoms with van der Waals surface area (Å²) in [5.41, 5.74) is -2.34. The van der Waals surface area contributed by atoms with Gasteiger partial charge in [0, 0.05) is 23.7 Å². The molecule has 2 aliphatic carbocycles. The van der Waals surface area contributed by atoms with Crippen LogP contribution in [0.1, 0.15) is 41.0 Å². The lowest BCUT2D eigenvalue weighted by atomic mass is 9.83. The highest BCUT2D eigenvalue weighted by Gasteiger charge is 2.44. The normalized spacial score (nSPS) is 21.9. The first-order chi connectivity index (χ1) is 13.9. The second kappa shape index (κ2) is 8.10. The van der Waals surface area contributed by atoms with Crippen molar-refractivity contribution in [2.24, 2.45) is 11.8 Å². The number of sulfone groups is 1. The second-order valence-corrected chi connectivity index (χ2v) is 9.79. The van der Waals surface area contributed by atoms with Crippen LogP contribution >= 0.6 is 0 Å². The van der Waals surface area contributed by atoms with E-state index in [1.807, 2.05) is 0 Å². The summed E-state index contributed by atoms with van der Waals surface area (Å²) in [5.74, 6) is -2.82. The SMILES string of the molecule is CS(=O)(=O)CCOCc1nc(C(F)(F)F)ccc1C(=O)C1=C(O)C2CCC(C2)C1=O. The van der Waals surface area contributed by atoms with E-state index in [2.05, 4.69) is 4.98 Å². The molecule has 164 valence electrons. The zero-order valence-corrected chi connectivity index (χ0v) is 16.8. The molecule has 0 amide bonds. The van der Waals surface area contributed by atoms with Crippen LogP contribution < -0.4 is 0 Å². The summed E-state index contributed by atoms with van der Waals surface area (Å²) < 4.78 is 66.7. The number of carbonyl (C=O) groups excluding carboxylic acids is 2. The van der Waals surface area contributed by atoms with Gasteiger partial charge in [-0.2, -0.15) is 13.2 Å². The van der Waals surface area contributed by atoms with Crippen LogP contribution in [0.25, 0.3) is 0 Å². The summed E-state index contributed by atoms with van der Waals surface area (Å²) >= 11 is 0. The summed E-state index contributed by atoms with van der Waals surface area (Å²) in [6, 6.07) is 1.52. The molecule has 1 saturated carbocycles. The van der Waals surface area contributed by atoms with Crippen LogP contribution in [0.5, 0.6) is 0 Å². The van der Waals surface area contributed by atoms with E-state index in [9.17, 15) is 36.3 Å². The Kier molecular flexibility index (Phi) is 6.06. The van der Waals surface area contributed by atoms with Crippen LogP contribution in [0, 0.1) is 11.8 Å². The first-order valence-electron chi connectivity index (χ1n) is 9.23. The van der Waals surface area contributed by atoms with Crippen molar-refractivity contribution < 1.29 is 41.0 Å². The molecule has 2 aliphatic rings. The largest absolute Gasteiger partial charge is 0.511 e. The lowest BCUT2D eigenvalue weighted by molar-refractivity contribution is -0.141. The molecule has 0 aliphatic heterocycles. The fourth-order valence-electron chi connectivity index (χ4n) is 3.72. The Morgan fingerprint density at radius 3 is 2.57 bits per heavy atom. The molecule has 1 fully saturated rings. The number of fused-ring (bicyclic) bond motifs is 2. The lowest BCUT2D eigenvalue weighted by Gasteiger charge is -2.21. The number of carbonyl (C=O) groups is 2. The minimum absolute atomic E-state index is 0.293. The number of hydrogen-bond donors (Lipinski definition) is 1. The van der Waals surface area contributed by atoms with E-state index in [4.69, 9.17) is 4.74 Å². The molecule has 1 aromatic rings. The maximum Gasteiger partial charge on any atom is 0.433 e. The lowest BCUT2D eigenvalue weighted by Crippen LogP contribution is -2.28. The molecule has 30 heavy (non-hydrogen) atoms. The van der Waals surface area contributed by atoms with E-state index in [0.717, 1.165) is 12.3 Å². The van der Waals surface area contributed by atoms with Gasteiger partial charge in [-0.15, -0.1) is 0 Å². The average Bonchev–Trinajstić information content (AvgIpc) is 3.09. The minimum atomic E-state index is -4.77. The quantitative estimate of drug-likeness (QED) is 0.389. The Balaban J connectivity index is 1.93. The number of nitrogens with zero attached hydrogens (tertiary/aromatic N) is 1. The number of hydrogen-bond acceptors (Lipinski definition) is 7. The van der Waals surface area contributed by atoms with Gasteiger partial charge < -0.3 is 9.84 Å². The number of alkyl halides is 3. The predicted molar refractivity (Wildman–Crippen MR) is 98.4 cm³/mol. The van der Waals surface area contributed by atoms with Crippen molar-refractivity contribution in [3.8, 4) is 0 Å². The fraction of sp³-hybridized carbons (Fsp3) is 0.526. The summed E-state index contributed by atoms with van der Waals surface area (Å²) in [6.45, 7) is -0.864. The summed E-state index contributed by atoms with van der Waals surface area (Å²) in [7, 11) is -3.35. The van der Waals surface area contributed by atoms with Crippen LogP contribution in [0.4, 0.5) is 13.2 Å². The van der Waals surface area contributed by atoms with Gasteiger partial charge in [0.2, 0.25) is 5.78 Å². The molecule has 3 rings (SSSR count). The maximum atomic E-state index is 13.1. The van der Waals surface area contributed by atoms with Gasteiger partial charge in [-0.25, -0.2) is 13.4 Å². The number of ether oxygens (including phenoxy) is 1. The van der Waals surface area contributed by atoms with Gasteiger partial charge in [0.05, 0.1) is 24.7 Å². The highest BCUT2D eigenvalue weighted by molar-refractivity contribution is 7.90. The van der Waals surface area contributed by atoms with Gasteiger partial charge in [-0.05, 0) is 31.4 Å². The van der Waals surface area contributed by atoms with E-state index in [1.54, 1.807) is 0 Å². The number of ketones is 2. The first-order valence-corrected chi connectivity index (χ1v) is 11.3. The molecular formula is C19H20F3NO6S. The van der Waals surface area contributed by atoms with Gasteiger partial charge in [0.15, 0.2) is 5.78 Å². The molecule has 2 atom stereocenters. The standard InChI is InChI=1S/C19H20F3NO6S/c1-30(27,28)7-6-29-9-13-12(4-5-14(23-13)19(20,21)22)18(26)15-16(24)10-2-3-11(8-10)17(15)25/h4-5,10-11,24H,2-3,6-9H2,1H3. The van der Waals surface area contributed by atoms with Gasteiger partial charge in [0.1, 0.15) is 26.9 Å². The van der Waals surface area contributed by atoms with E-state index in [1.165, 1.54) is 0 Å². The van der Waals surface area contributed by atoms with Crippen LogP contribution in [0.3, 0.4) is 0 Å². The molecule has 2 unspecified atom stereocenters. The number of aliphatic hydroxyl groups is 1. The van der Waals surface area contributed by atoms with E-state index in [-0.39, 0.29) is 41.2 Å². The zero-order chi connectivity index (χ0) is 22.3. The van der Waals surface area contributed by atoms with Gasteiger partial charge in [-0.1, -0.05) is 0 Å². The van der Waals surface area contributed by atoms with Crippen molar-refractivity contribution in [2.45, 2.75) is 32.0 Å². The molecule has 1 N–H and O–H groups in total. The topological polar surface area (TPSA) is 111 Å². The number of allylic oxidation sites excluding steroid dienone is 2. The number of aliphatic hydroxyl groups excluding tert-OH is 1. The Hall–Kier alpha value is -2.27. The molecule has 0 radical (unpaired) electrons.